The molecule has 0 bridgehead atoms. The molecule has 0 aliphatic heterocycles. The Balaban J connectivity index is 2.11. The van der Waals surface area contributed by atoms with Crippen molar-refractivity contribution in [2.45, 2.75) is 26.3 Å². The van der Waals surface area contributed by atoms with Crippen molar-refractivity contribution in [1.29, 1.82) is 5.26 Å². The summed E-state index contributed by atoms with van der Waals surface area (Å²) in [6.45, 7) is 3.99. The van der Waals surface area contributed by atoms with E-state index in [0.717, 1.165) is 16.9 Å². The fraction of sp³-hybridized carbons (Fsp3) is 0.222. The van der Waals surface area contributed by atoms with Gasteiger partial charge < -0.3 is 5.32 Å². The number of carbonyl (C=O) groups excluding carboxylic acids is 1. The van der Waals surface area contributed by atoms with E-state index >= 15 is 0 Å². The minimum absolute atomic E-state index is 0.132. The molecule has 112 valence electrons. The molecule has 0 saturated carbocycles. The zero-order valence-electron chi connectivity index (χ0n) is 12.7. The zero-order valence-corrected chi connectivity index (χ0v) is 13.5. The van der Waals surface area contributed by atoms with Crippen molar-refractivity contribution in [3.63, 3.8) is 0 Å². The number of carbonyl (C=O) groups is 1. The predicted octanol–water partition coefficient (Wildman–Crippen LogP) is 4.09. The maximum Gasteiger partial charge on any atom is 0.262 e. The molecule has 0 radical (unpaired) electrons. The molecule has 22 heavy (non-hydrogen) atoms. The van der Waals surface area contributed by atoms with Crippen LogP contribution in [-0.2, 0) is 11.2 Å². The first-order valence-electron chi connectivity index (χ1n) is 7.20. The summed E-state index contributed by atoms with van der Waals surface area (Å²) in [6, 6.07) is 15.5. The van der Waals surface area contributed by atoms with Crippen LogP contribution in [0.15, 0.2) is 48.0 Å². The van der Waals surface area contributed by atoms with Crippen LogP contribution in [0.3, 0.4) is 0 Å². The lowest BCUT2D eigenvalue weighted by atomic mass is 10.1. The minimum Gasteiger partial charge on any atom is -0.345 e. The van der Waals surface area contributed by atoms with E-state index in [-0.39, 0.29) is 17.5 Å². The Labute approximate surface area is 134 Å². The van der Waals surface area contributed by atoms with Gasteiger partial charge in [0.1, 0.15) is 11.6 Å². The average molecular weight is 310 g/mol. The molecule has 1 amide bonds. The molecule has 0 saturated heterocycles. The van der Waals surface area contributed by atoms with Crippen LogP contribution in [0.5, 0.6) is 0 Å². The molecular weight excluding hydrogens is 292 g/mol. The van der Waals surface area contributed by atoms with Crippen LogP contribution in [0, 0.1) is 11.3 Å². The third-order valence-electron chi connectivity index (χ3n) is 3.33. The van der Waals surface area contributed by atoms with Crippen LogP contribution in [0.25, 0.3) is 6.08 Å². The van der Waals surface area contributed by atoms with Crippen molar-refractivity contribution in [2.75, 3.05) is 0 Å². The molecule has 0 aliphatic carbocycles. The molecule has 1 aromatic heterocycles. The summed E-state index contributed by atoms with van der Waals surface area (Å²) in [5, 5.41) is 12.1. The lowest BCUT2D eigenvalue weighted by molar-refractivity contribution is -0.117. The number of amides is 1. The largest absolute Gasteiger partial charge is 0.345 e. The summed E-state index contributed by atoms with van der Waals surface area (Å²) in [5.41, 5.74) is 1.14. The van der Waals surface area contributed by atoms with Crippen molar-refractivity contribution < 1.29 is 4.79 Å². The maximum absolute atomic E-state index is 12.2. The summed E-state index contributed by atoms with van der Waals surface area (Å²) in [6.07, 6.45) is 2.61. The number of hydrogen-bond acceptors (Lipinski definition) is 3. The number of nitrogens with zero attached hydrogens (tertiary/aromatic N) is 1. The Morgan fingerprint density at radius 3 is 2.64 bits per heavy atom. The number of nitriles is 1. The lowest BCUT2D eigenvalue weighted by Crippen LogP contribution is -2.27. The lowest BCUT2D eigenvalue weighted by Gasteiger charge is -2.13. The van der Waals surface area contributed by atoms with E-state index in [4.69, 9.17) is 0 Å². The van der Waals surface area contributed by atoms with Gasteiger partial charge in [-0.3, -0.25) is 4.79 Å². The van der Waals surface area contributed by atoms with Crippen molar-refractivity contribution in [3.05, 3.63) is 63.4 Å². The molecule has 3 nitrogen and oxygen atoms in total. The third kappa shape index (κ3) is 4.06. The van der Waals surface area contributed by atoms with E-state index in [9.17, 15) is 10.1 Å². The van der Waals surface area contributed by atoms with E-state index in [0.29, 0.717) is 0 Å². The highest BCUT2D eigenvalue weighted by atomic mass is 32.1. The van der Waals surface area contributed by atoms with E-state index < -0.39 is 0 Å². The van der Waals surface area contributed by atoms with Gasteiger partial charge in [0.25, 0.3) is 5.91 Å². The Morgan fingerprint density at radius 2 is 2.05 bits per heavy atom. The standard InChI is InChI=1S/C18H18N2OS/c1-3-16-9-10-17(22-16)11-15(12-19)18(21)20-13(2)14-7-5-4-6-8-14/h4-11,13H,3H2,1-2H3,(H,20,21). The number of benzene rings is 1. The van der Waals surface area contributed by atoms with Gasteiger partial charge in [-0.05, 0) is 37.1 Å². The topological polar surface area (TPSA) is 52.9 Å². The number of aryl methyl sites for hydroxylation is 1. The Bertz CT molecular complexity index is 710. The highest BCUT2D eigenvalue weighted by Gasteiger charge is 2.14. The molecule has 1 unspecified atom stereocenters. The van der Waals surface area contributed by atoms with Gasteiger partial charge in [0.15, 0.2) is 0 Å². The average Bonchev–Trinajstić information content (AvgIpc) is 3.01. The van der Waals surface area contributed by atoms with Crippen molar-refractivity contribution >= 4 is 23.3 Å². The number of rotatable bonds is 5. The van der Waals surface area contributed by atoms with Crippen molar-refractivity contribution in [2.24, 2.45) is 0 Å². The third-order valence-corrected chi connectivity index (χ3v) is 4.51. The number of thiophene rings is 1. The van der Waals surface area contributed by atoms with E-state index in [1.165, 1.54) is 4.88 Å². The second kappa shape index (κ2) is 7.58. The van der Waals surface area contributed by atoms with Crippen LogP contribution in [0.4, 0.5) is 0 Å². The van der Waals surface area contributed by atoms with Gasteiger partial charge in [0, 0.05) is 9.75 Å². The van der Waals surface area contributed by atoms with Gasteiger partial charge >= 0.3 is 0 Å². The molecule has 2 rings (SSSR count). The van der Waals surface area contributed by atoms with Crippen molar-refractivity contribution in [1.82, 2.24) is 5.32 Å². The Kier molecular flexibility index (Phi) is 5.51. The Hall–Kier alpha value is -2.38. The SMILES string of the molecule is CCc1ccc(C=C(C#N)C(=O)NC(C)c2ccccc2)s1. The molecule has 1 heterocycles. The number of hydrogen-bond donors (Lipinski definition) is 1. The monoisotopic (exact) mass is 310 g/mol. The van der Waals surface area contributed by atoms with Crippen molar-refractivity contribution in [3.8, 4) is 6.07 Å². The maximum atomic E-state index is 12.2. The van der Waals surface area contributed by atoms with E-state index in [1.54, 1.807) is 17.4 Å². The molecule has 1 aromatic carbocycles. The highest BCUT2D eigenvalue weighted by molar-refractivity contribution is 7.12. The first-order chi connectivity index (χ1) is 10.6. The Morgan fingerprint density at radius 1 is 1.32 bits per heavy atom. The molecular formula is C18H18N2OS. The first kappa shape index (κ1) is 16.0. The molecule has 0 aliphatic rings. The van der Waals surface area contributed by atoms with Gasteiger partial charge in [-0.15, -0.1) is 11.3 Å². The zero-order chi connectivity index (χ0) is 15.9. The highest BCUT2D eigenvalue weighted by Crippen LogP contribution is 2.20. The van der Waals surface area contributed by atoms with E-state index in [1.807, 2.05) is 55.5 Å². The molecule has 1 N–H and O–H groups in total. The minimum atomic E-state index is -0.342. The molecule has 4 heteroatoms. The smallest absolute Gasteiger partial charge is 0.262 e. The van der Waals surface area contributed by atoms with Gasteiger partial charge in [-0.2, -0.15) is 5.26 Å². The van der Waals surface area contributed by atoms with Crippen LogP contribution in [-0.4, -0.2) is 5.91 Å². The second-order valence-electron chi connectivity index (χ2n) is 4.93. The molecule has 1 atom stereocenters. The molecule has 2 aromatic rings. The fourth-order valence-corrected chi connectivity index (χ4v) is 2.95. The van der Waals surface area contributed by atoms with Gasteiger partial charge in [0.05, 0.1) is 6.04 Å². The summed E-state index contributed by atoms with van der Waals surface area (Å²) < 4.78 is 0. The summed E-state index contributed by atoms with van der Waals surface area (Å²) in [5.74, 6) is -0.342. The quantitative estimate of drug-likeness (QED) is 0.668. The summed E-state index contributed by atoms with van der Waals surface area (Å²) in [7, 11) is 0. The molecule has 0 fully saturated rings. The van der Waals surface area contributed by atoms with Crippen LogP contribution in [0.2, 0.25) is 0 Å². The van der Waals surface area contributed by atoms with Gasteiger partial charge in [0.2, 0.25) is 0 Å². The predicted molar refractivity (Wildman–Crippen MR) is 90.3 cm³/mol. The van der Waals surface area contributed by atoms with E-state index in [2.05, 4.69) is 12.2 Å². The van der Waals surface area contributed by atoms with Crippen LogP contribution in [0.1, 0.15) is 35.2 Å². The van der Waals surface area contributed by atoms with Gasteiger partial charge in [-0.1, -0.05) is 37.3 Å². The first-order valence-corrected chi connectivity index (χ1v) is 8.02. The summed E-state index contributed by atoms with van der Waals surface area (Å²) in [4.78, 5) is 14.4. The number of nitrogens with one attached hydrogen (secondary N) is 1. The van der Waals surface area contributed by atoms with Crippen LogP contribution < -0.4 is 5.32 Å². The van der Waals surface area contributed by atoms with Gasteiger partial charge in [-0.25, -0.2) is 0 Å². The van der Waals surface area contributed by atoms with Crippen LogP contribution >= 0.6 is 11.3 Å². The molecule has 0 spiro atoms. The normalized spacial score (nSPS) is 12.5. The second-order valence-corrected chi connectivity index (χ2v) is 6.13. The summed E-state index contributed by atoms with van der Waals surface area (Å²) >= 11 is 1.60. The fourth-order valence-electron chi connectivity index (χ4n) is 2.05.